The molecule has 1 heterocycles. The summed E-state index contributed by atoms with van der Waals surface area (Å²) in [5, 5.41) is 7.48. The van der Waals surface area contributed by atoms with E-state index in [1.165, 1.54) is 0 Å². The van der Waals surface area contributed by atoms with Gasteiger partial charge in [-0.2, -0.15) is 0 Å². The van der Waals surface area contributed by atoms with Crippen LogP contribution in [0.5, 0.6) is 5.75 Å². The van der Waals surface area contributed by atoms with Crippen LogP contribution in [-0.4, -0.2) is 29.9 Å². The number of rotatable bonds is 11. The number of ether oxygens (including phenoxy) is 1. The van der Waals surface area contributed by atoms with E-state index in [0.717, 1.165) is 40.6 Å². The summed E-state index contributed by atoms with van der Waals surface area (Å²) in [6.07, 6.45) is 4.31. The van der Waals surface area contributed by atoms with Crippen molar-refractivity contribution in [3.63, 3.8) is 0 Å². The van der Waals surface area contributed by atoms with Crippen molar-refractivity contribution in [3.05, 3.63) is 106 Å². The smallest absolute Gasteiger partial charge is 0.267 e. The van der Waals surface area contributed by atoms with E-state index in [4.69, 9.17) is 16.3 Å². The number of nitrogens with one attached hydrogen (secondary N) is 3. The van der Waals surface area contributed by atoms with E-state index >= 15 is 0 Å². The first-order valence-corrected chi connectivity index (χ1v) is 13.2. The molecule has 0 bridgehead atoms. The molecule has 4 aromatic rings. The van der Waals surface area contributed by atoms with Crippen LogP contribution in [-0.2, 0) is 11.2 Å². The highest BCUT2D eigenvalue weighted by atomic mass is 35.5. The number of aromatic nitrogens is 1. The normalized spacial score (nSPS) is 11.4. The van der Waals surface area contributed by atoms with Crippen molar-refractivity contribution in [1.29, 1.82) is 0 Å². The Balaban J connectivity index is 1.46. The minimum absolute atomic E-state index is 0.149. The summed E-state index contributed by atoms with van der Waals surface area (Å²) in [5.74, 6) is -0.0458. The largest absolute Gasteiger partial charge is 0.494 e. The number of para-hydroxylation sites is 1. The lowest BCUT2D eigenvalue weighted by Crippen LogP contribution is -2.35. The summed E-state index contributed by atoms with van der Waals surface area (Å²) in [6, 6.07) is 22.1. The molecule has 4 rings (SSSR count). The summed E-state index contributed by atoms with van der Waals surface area (Å²) in [4.78, 5) is 29.6. The lowest BCUT2D eigenvalue weighted by atomic mass is 10.1. The molecule has 0 unspecified atom stereocenters. The van der Waals surface area contributed by atoms with Gasteiger partial charge in [-0.25, -0.2) is 0 Å². The Hall–Kier alpha value is -4.03. The first kappa shape index (κ1) is 27.0. The van der Waals surface area contributed by atoms with Crippen LogP contribution in [0.3, 0.4) is 0 Å². The van der Waals surface area contributed by atoms with Crippen LogP contribution < -0.4 is 15.4 Å². The number of aryl methyl sites for hydroxylation is 1. The second-order valence-electron chi connectivity index (χ2n) is 9.07. The number of H-pyrrole nitrogens is 1. The molecule has 0 saturated carbocycles. The quantitative estimate of drug-likeness (QED) is 0.154. The van der Waals surface area contributed by atoms with Gasteiger partial charge in [-0.3, -0.25) is 9.59 Å². The molecular weight excluding hydrogens is 498 g/mol. The van der Waals surface area contributed by atoms with Gasteiger partial charge in [0.05, 0.1) is 6.61 Å². The third-order valence-electron chi connectivity index (χ3n) is 6.24. The maximum absolute atomic E-state index is 13.2. The molecule has 3 N–H and O–H groups in total. The fourth-order valence-corrected chi connectivity index (χ4v) is 4.29. The van der Waals surface area contributed by atoms with E-state index in [9.17, 15) is 9.59 Å². The predicted molar refractivity (Wildman–Crippen MR) is 153 cm³/mol. The molecule has 6 nitrogen and oxygen atoms in total. The highest BCUT2D eigenvalue weighted by Crippen LogP contribution is 2.22. The van der Waals surface area contributed by atoms with Gasteiger partial charge in [-0.1, -0.05) is 55.3 Å². The van der Waals surface area contributed by atoms with Gasteiger partial charge in [0.1, 0.15) is 11.4 Å². The summed E-state index contributed by atoms with van der Waals surface area (Å²) < 4.78 is 5.68. The number of benzene rings is 3. The molecule has 0 fully saturated rings. The summed E-state index contributed by atoms with van der Waals surface area (Å²) in [6.45, 7) is 5.18. The van der Waals surface area contributed by atoms with Gasteiger partial charge in [0.2, 0.25) is 0 Å². The van der Waals surface area contributed by atoms with Gasteiger partial charge in [0, 0.05) is 33.7 Å². The first-order chi connectivity index (χ1) is 18.4. The zero-order chi connectivity index (χ0) is 26.9. The second kappa shape index (κ2) is 13.0. The summed E-state index contributed by atoms with van der Waals surface area (Å²) >= 11 is 6.02. The number of hydrogen-bond donors (Lipinski definition) is 3. The second-order valence-corrected chi connectivity index (χ2v) is 9.51. The Morgan fingerprint density at radius 2 is 1.74 bits per heavy atom. The molecule has 0 atom stereocenters. The van der Waals surface area contributed by atoms with E-state index in [1.807, 2.05) is 25.1 Å². The van der Waals surface area contributed by atoms with E-state index in [2.05, 4.69) is 28.6 Å². The van der Waals surface area contributed by atoms with Crippen molar-refractivity contribution in [2.45, 2.75) is 33.1 Å². The third kappa shape index (κ3) is 7.05. The SMILES string of the molecule is CCCCOc1ccc(C(=O)N/C(=C\c2ccc(Cl)cc2)C(=O)NCCc2c(C)[nH]c3ccccc23)cc1. The molecule has 1 aromatic heterocycles. The van der Waals surface area contributed by atoms with Crippen molar-refractivity contribution in [2.75, 3.05) is 13.2 Å². The molecule has 7 heteroatoms. The van der Waals surface area contributed by atoms with Crippen molar-refractivity contribution >= 4 is 40.4 Å². The Morgan fingerprint density at radius 1 is 1.00 bits per heavy atom. The topological polar surface area (TPSA) is 83.2 Å². The average molecular weight is 530 g/mol. The highest BCUT2D eigenvalue weighted by Gasteiger charge is 2.16. The minimum atomic E-state index is -0.382. The maximum atomic E-state index is 13.2. The number of halogens is 1. The van der Waals surface area contributed by atoms with Gasteiger partial charge in [-0.05, 0) is 79.4 Å². The van der Waals surface area contributed by atoms with Crippen molar-refractivity contribution < 1.29 is 14.3 Å². The number of aromatic amines is 1. The lowest BCUT2D eigenvalue weighted by Gasteiger charge is -2.12. The molecule has 38 heavy (non-hydrogen) atoms. The van der Waals surface area contributed by atoms with E-state index in [0.29, 0.717) is 35.9 Å². The third-order valence-corrected chi connectivity index (χ3v) is 6.50. The Morgan fingerprint density at radius 3 is 2.47 bits per heavy atom. The van der Waals surface area contributed by atoms with E-state index in [-0.39, 0.29) is 17.5 Å². The molecule has 0 aliphatic carbocycles. The molecule has 0 spiro atoms. The average Bonchev–Trinajstić information content (AvgIpc) is 3.24. The van der Waals surface area contributed by atoms with Crippen molar-refractivity contribution in [2.24, 2.45) is 0 Å². The predicted octanol–water partition coefficient (Wildman–Crippen LogP) is 6.44. The minimum Gasteiger partial charge on any atom is -0.494 e. The molecule has 0 aliphatic rings. The fourth-order valence-electron chi connectivity index (χ4n) is 4.17. The molecule has 0 saturated heterocycles. The lowest BCUT2D eigenvalue weighted by molar-refractivity contribution is -0.117. The number of hydrogen-bond acceptors (Lipinski definition) is 3. The molecule has 196 valence electrons. The van der Waals surface area contributed by atoms with Crippen LogP contribution in [0, 0.1) is 6.92 Å². The Labute approximate surface area is 228 Å². The van der Waals surface area contributed by atoms with Gasteiger partial charge in [-0.15, -0.1) is 0 Å². The summed E-state index contributed by atoms with van der Waals surface area (Å²) in [5.41, 5.74) is 4.63. The number of carbonyl (C=O) groups excluding carboxylic acids is 2. The van der Waals surface area contributed by atoms with Gasteiger partial charge in [0.25, 0.3) is 11.8 Å². The molecule has 3 aromatic carbocycles. The van der Waals surface area contributed by atoms with E-state index < -0.39 is 0 Å². The monoisotopic (exact) mass is 529 g/mol. The van der Waals surface area contributed by atoms with Crippen LogP contribution >= 0.6 is 11.6 Å². The van der Waals surface area contributed by atoms with Crippen LogP contribution in [0.25, 0.3) is 17.0 Å². The van der Waals surface area contributed by atoms with E-state index in [1.54, 1.807) is 54.6 Å². The fraction of sp³-hybridized carbons (Fsp3) is 0.226. The van der Waals surface area contributed by atoms with Crippen molar-refractivity contribution in [1.82, 2.24) is 15.6 Å². The van der Waals surface area contributed by atoms with Gasteiger partial charge in [0.15, 0.2) is 0 Å². The molecular formula is C31H32ClN3O3. The van der Waals surface area contributed by atoms with Gasteiger partial charge >= 0.3 is 0 Å². The first-order valence-electron chi connectivity index (χ1n) is 12.8. The number of unbranched alkanes of at least 4 members (excludes halogenated alkanes) is 1. The Bertz CT molecular complexity index is 1420. The Kier molecular flexibility index (Phi) is 9.22. The van der Waals surface area contributed by atoms with Crippen LogP contribution in [0.15, 0.2) is 78.5 Å². The van der Waals surface area contributed by atoms with Crippen LogP contribution in [0.2, 0.25) is 5.02 Å². The summed E-state index contributed by atoms with van der Waals surface area (Å²) in [7, 11) is 0. The van der Waals surface area contributed by atoms with Crippen LogP contribution in [0.4, 0.5) is 0 Å². The van der Waals surface area contributed by atoms with Crippen molar-refractivity contribution in [3.8, 4) is 5.75 Å². The number of amides is 2. The maximum Gasteiger partial charge on any atom is 0.267 e. The molecule has 2 amide bonds. The van der Waals surface area contributed by atoms with Gasteiger partial charge < -0.3 is 20.4 Å². The molecule has 0 radical (unpaired) electrons. The standard InChI is InChI=1S/C31H32ClN3O3/c1-3-4-19-38-25-15-11-23(12-16-25)30(36)35-29(20-22-9-13-24(32)14-10-22)31(37)33-18-17-26-21(2)34-28-8-6-5-7-27(26)28/h5-16,20,34H,3-4,17-19H2,1-2H3,(H,33,37)(H,35,36)/b29-20-. The molecule has 0 aliphatic heterocycles. The van der Waals surface area contributed by atoms with Crippen LogP contribution in [0.1, 0.15) is 46.9 Å². The highest BCUT2D eigenvalue weighted by molar-refractivity contribution is 6.30. The zero-order valence-corrected chi connectivity index (χ0v) is 22.4. The number of carbonyl (C=O) groups is 2. The zero-order valence-electron chi connectivity index (χ0n) is 21.6. The number of fused-ring (bicyclic) bond motifs is 1.